The monoisotopic (exact) mass is 264 g/mol. The Labute approximate surface area is 109 Å². The van der Waals surface area contributed by atoms with Crippen LogP contribution in [0, 0.1) is 0 Å². The molecule has 0 fully saturated rings. The maximum atomic E-state index is 11.0. The van der Waals surface area contributed by atoms with Gasteiger partial charge in [0, 0.05) is 11.2 Å². The zero-order chi connectivity index (χ0) is 13.1. The van der Waals surface area contributed by atoms with Crippen LogP contribution in [0.1, 0.15) is 16.1 Å². The van der Waals surface area contributed by atoms with Crippen molar-refractivity contribution >= 4 is 17.5 Å². The molecule has 5 nitrogen and oxygen atoms in total. The summed E-state index contributed by atoms with van der Waals surface area (Å²) in [6.45, 7) is 0.526. The zero-order valence-electron chi connectivity index (χ0n) is 9.64. The molecule has 0 atom stereocenters. The second kappa shape index (κ2) is 5.20. The smallest absolute Gasteiger partial charge is 0.269 e. The van der Waals surface area contributed by atoms with Gasteiger partial charge in [0.2, 0.25) is 0 Å². The summed E-state index contributed by atoms with van der Waals surface area (Å²) in [6, 6.07) is 7.05. The topological polar surface area (TPSA) is 86.9 Å². The Morgan fingerprint density at radius 1 is 1.39 bits per heavy atom. The molecule has 4 N–H and O–H groups in total. The SMILES string of the molecule is NCCc1ccc(Cl)cc1-n1ccc(C(N)=O)n1. The molecule has 0 aliphatic heterocycles. The third kappa shape index (κ3) is 2.52. The number of halogens is 1. The molecule has 2 rings (SSSR count). The van der Waals surface area contributed by atoms with Gasteiger partial charge in [-0.1, -0.05) is 17.7 Å². The second-order valence-corrected chi connectivity index (χ2v) is 4.26. The first-order valence-corrected chi connectivity index (χ1v) is 5.84. The number of amides is 1. The quantitative estimate of drug-likeness (QED) is 0.868. The van der Waals surface area contributed by atoms with E-state index in [1.165, 1.54) is 0 Å². The van der Waals surface area contributed by atoms with Crippen molar-refractivity contribution in [2.24, 2.45) is 11.5 Å². The lowest BCUT2D eigenvalue weighted by Gasteiger charge is -2.09. The minimum Gasteiger partial charge on any atom is -0.364 e. The van der Waals surface area contributed by atoms with Crippen LogP contribution in [-0.2, 0) is 6.42 Å². The molecule has 0 unspecified atom stereocenters. The van der Waals surface area contributed by atoms with Gasteiger partial charge in [-0.2, -0.15) is 5.10 Å². The number of benzene rings is 1. The van der Waals surface area contributed by atoms with E-state index in [-0.39, 0.29) is 5.69 Å². The molecule has 0 spiro atoms. The lowest BCUT2D eigenvalue weighted by Crippen LogP contribution is -2.13. The number of nitrogens with zero attached hydrogens (tertiary/aromatic N) is 2. The molecule has 1 aromatic heterocycles. The Bertz CT molecular complexity index is 579. The largest absolute Gasteiger partial charge is 0.364 e. The van der Waals surface area contributed by atoms with Gasteiger partial charge in [-0.15, -0.1) is 0 Å². The molecule has 1 aromatic carbocycles. The Balaban J connectivity index is 2.47. The minimum atomic E-state index is -0.559. The van der Waals surface area contributed by atoms with E-state index in [9.17, 15) is 4.79 Å². The summed E-state index contributed by atoms with van der Waals surface area (Å²) in [6.07, 6.45) is 2.38. The van der Waals surface area contributed by atoms with Crippen molar-refractivity contribution in [3.63, 3.8) is 0 Å². The van der Waals surface area contributed by atoms with E-state index in [1.54, 1.807) is 29.1 Å². The fourth-order valence-corrected chi connectivity index (χ4v) is 1.87. The van der Waals surface area contributed by atoms with Gasteiger partial charge in [0.1, 0.15) is 5.69 Å². The molecule has 6 heteroatoms. The maximum Gasteiger partial charge on any atom is 0.269 e. The highest BCUT2D eigenvalue weighted by atomic mass is 35.5. The van der Waals surface area contributed by atoms with Crippen LogP contribution < -0.4 is 11.5 Å². The predicted molar refractivity (Wildman–Crippen MR) is 69.9 cm³/mol. The summed E-state index contributed by atoms with van der Waals surface area (Å²) in [4.78, 5) is 11.0. The number of rotatable bonds is 4. The number of carbonyl (C=O) groups is 1. The first kappa shape index (κ1) is 12.6. The van der Waals surface area contributed by atoms with Crippen molar-refractivity contribution < 1.29 is 4.79 Å². The van der Waals surface area contributed by atoms with Crippen LogP contribution in [0.4, 0.5) is 0 Å². The highest BCUT2D eigenvalue weighted by Gasteiger charge is 2.09. The van der Waals surface area contributed by atoms with Gasteiger partial charge in [0.15, 0.2) is 0 Å². The molecular formula is C12H13ClN4O. The van der Waals surface area contributed by atoms with Crippen LogP contribution in [-0.4, -0.2) is 22.2 Å². The number of aromatic nitrogens is 2. The number of hydrogen-bond acceptors (Lipinski definition) is 3. The van der Waals surface area contributed by atoms with Crippen molar-refractivity contribution in [1.29, 1.82) is 0 Å². The normalized spacial score (nSPS) is 10.6. The Morgan fingerprint density at radius 2 is 2.17 bits per heavy atom. The van der Waals surface area contributed by atoms with Crippen molar-refractivity contribution in [2.45, 2.75) is 6.42 Å². The molecule has 18 heavy (non-hydrogen) atoms. The van der Waals surface area contributed by atoms with Gasteiger partial charge in [-0.3, -0.25) is 4.79 Å². The molecule has 0 radical (unpaired) electrons. The lowest BCUT2D eigenvalue weighted by molar-refractivity contribution is 0.0995. The molecule has 2 aromatic rings. The van der Waals surface area contributed by atoms with Crippen molar-refractivity contribution in [1.82, 2.24) is 9.78 Å². The maximum absolute atomic E-state index is 11.0. The van der Waals surface area contributed by atoms with Crippen molar-refractivity contribution in [2.75, 3.05) is 6.54 Å². The number of hydrogen-bond donors (Lipinski definition) is 2. The second-order valence-electron chi connectivity index (χ2n) is 3.82. The summed E-state index contributed by atoms with van der Waals surface area (Å²) in [5, 5.41) is 4.71. The predicted octanol–water partition coefficient (Wildman–Crippen LogP) is 1.13. The third-order valence-electron chi connectivity index (χ3n) is 2.55. The molecule has 1 amide bonds. The van der Waals surface area contributed by atoms with E-state index in [1.807, 2.05) is 6.07 Å². The average Bonchev–Trinajstić information content (AvgIpc) is 2.81. The number of carbonyl (C=O) groups excluding carboxylic acids is 1. The summed E-state index contributed by atoms with van der Waals surface area (Å²) < 4.78 is 1.58. The standard InChI is InChI=1S/C12H13ClN4O/c13-9-2-1-8(3-5-14)11(7-9)17-6-4-10(16-17)12(15)18/h1-2,4,6-7H,3,5,14H2,(H2,15,18). The molecular weight excluding hydrogens is 252 g/mol. The van der Waals surface area contributed by atoms with E-state index >= 15 is 0 Å². The summed E-state index contributed by atoms with van der Waals surface area (Å²) in [5.74, 6) is -0.559. The Hall–Kier alpha value is -1.85. The highest BCUT2D eigenvalue weighted by molar-refractivity contribution is 6.30. The zero-order valence-corrected chi connectivity index (χ0v) is 10.4. The van der Waals surface area contributed by atoms with Crippen LogP contribution in [0.5, 0.6) is 0 Å². The van der Waals surface area contributed by atoms with Crippen LogP contribution in [0.25, 0.3) is 5.69 Å². The van der Waals surface area contributed by atoms with Gasteiger partial charge >= 0.3 is 0 Å². The van der Waals surface area contributed by atoms with Gasteiger partial charge in [-0.25, -0.2) is 4.68 Å². The van der Waals surface area contributed by atoms with Gasteiger partial charge in [0.05, 0.1) is 5.69 Å². The molecule has 0 saturated heterocycles. The Morgan fingerprint density at radius 3 is 2.78 bits per heavy atom. The summed E-state index contributed by atoms with van der Waals surface area (Å²) >= 11 is 5.97. The molecule has 0 aliphatic rings. The van der Waals surface area contributed by atoms with E-state index in [4.69, 9.17) is 23.1 Å². The van der Waals surface area contributed by atoms with Gasteiger partial charge in [0.25, 0.3) is 5.91 Å². The minimum absolute atomic E-state index is 0.216. The summed E-state index contributed by atoms with van der Waals surface area (Å²) in [5.41, 5.74) is 12.8. The molecule has 94 valence electrons. The first-order valence-electron chi connectivity index (χ1n) is 5.46. The Kier molecular flexibility index (Phi) is 3.64. The first-order chi connectivity index (χ1) is 8.61. The van der Waals surface area contributed by atoms with Gasteiger partial charge < -0.3 is 11.5 Å². The van der Waals surface area contributed by atoms with Crippen molar-refractivity contribution in [3.8, 4) is 5.69 Å². The fourth-order valence-electron chi connectivity index (χ4n) is 1.71. The lowest BCUT2D eigenvalue weighted by atomic mass is 10.1. The number of primary amides is 1. The van der Waals surface area contributed by atoms with Crippen LogP contribution in [0.3, 0.4) is 0 Å². The van der Waals surface area contributed by atoms with Crippen LogP contribution in [0.15, 0.2) is 30.5 Å². The van der Waals surface area contributed by atoms with Crippen LogP contribution in [0.2, 0.25) is 5.02 Å². The van der Waals surface area contributed by atoms with E-state index in [0.717, 1.165) is 11.3 Å². The molecule has 0 aliphatic carbocycles. The highest BCUT2D eigenvalue weighted by Crippen LogP contribution is 2.20. The fraction of sp³-hybridized carbons (Fsp3) is 0.167. The van der Waals surface area contributed by atoms with Gasteiger partial charge in [-0.05, 0) is 36.7 Å². The van der Waals surface area contributed by atoms with Crippen LogP contribution >= 0.6 is 11.6 Å². The van der Waals surface area contributed by atoms with Crippen molar-refractivity contribution in [3.05, 3.63) is 46.7 Å². The van der Waals surface area contributed by atoms with E-state index < -0.39 is 5.91 Å². The summed E-state index contributed by atoms with van der Waals surface area (Å²) in [7, 11) is 0. The average molecular weight is 265 g/mol. The molecule has 0 saturated carbocycles. The molecule has 0 bridgehead atoms. The third-order valence-corrected chi connectivity index (χ3v) is 2.78. The van der Waals surface area contributed by atoms with E-state index in [0.29, 0.717) is 18.0 Å². The molecule has 1 heterocycles. The number of nitrogens with two attached hydrogens (primary N) is 2. The van der Waals surface area contributed by atoms with E-state index in [2.05, 4.69) is 5.10 Å².